The second-order valence-corrected chi connectivity index (χ2v) is 10.4. The molecule has 0 spiro atoms. The van der Waals surface area contributed by atoms with Gasteiger partial charge in [-0.25, -0.2) is 14.8 Å². The Balaban J connectivity index is 1.56. The number of nitrogens with one attached hydrogen (secondary N) is 1. The number of hydrogen-bond donors (Lipinski definition) is 2. The van der Waals surface area contributed by atoms with Gasteiger partial charge in [0.05, 0.1) is 27.3 Å². The van der Waals surface area contributed by atoms with Crippen LogP contribution < -0.4 is 14.8 Å². The lowest BCUT2D eigenvalue weighted by Crippen LogP contribution is -2.76. The summed E-state index contributed by atoms with van der Waals surface area (Å²) in [5, 5.41) is 15.3. The molecule has 226 valence electrons. The molecule has 4 rings (SSSR count). The van der Waals surface area contributed by atoms with Crippen molar-refractivity contribution < 1.29 is 33.8 Å². The van der Waals surface area contributed by atoms with Crippen LogP contribution in [0.2, 0.25) is 0 Å². The highest BCUT2D eigenvalue weighted by Gasteiger charge is 2.50. The van der Waals surface area contributed by atoms with Crippen molar-refractivity contribution in [2.75, 3.05) is 40.9 Å². The number of piperazine rings is 1. The first-order valence-corrected chi connectivity index (χ1v) is 14.0. The van der Waals surface area contributed by atoms with E-state index in [1.165, 1.54) is 9.91 Å². The van der Waals surface area contributed by atoms with Gasteiger partial charge in [0.1, 0.15) is 23.7 Å². The zero-order valence-corrected chi connectivity index (χ0v) is 24.5. The highest BCUT2D eigenvalue weighted by atomic mass is 16.5. The van der Waals surface area contributed by atoms with Crippen LogP contribution in [0.1, 0.15) is 36.5 Å². The molecule has 0 aliphatic carbocycles. The van der Waals surface area contributed by atoms with Crippen molar-refractivity contribution in [3.05, 3.63) is 59.2 Å². The molecule has 12 heteroatoms. The molecule has 2 aliphatic rings. The number of benzene rings is 2. The molecule has 2 aromatic rings. The first-order valence-electron chi connectivity index (χ1n) is 14.0. The van der Waals surface area contributed by atoms with Crippen LogP contribution in [-0.4, -0.2) is 102 Å². The Morgan fingerprint density at radius 3 is 2.40 bits per heavy atom. The third-order valence-electron chi connectivity index (χ3n) is 7.78. The quantitative estimate of drug-likeness (QED) is 0.413. The Kier molecular flexibility index (Phi) is 9.89. The number of aryl methyl sites for hydroxylation is 1. The summed E-state index contributed by atoms with van der Waals surface area (Å²) in [6.45, 7) is 2.63. The molecule has 0 radical (unpaired) electrons. The first-order chi connectivity index (χ1) is 20.2. The number of aliphatic carboxylic acids is 1. The summed E-state index contributed by atoms with van der Waals surface area (Å²) in [5.74, 6) is -0.187. The van der Waals surface area contributed by atoms with E-state index < -0.39 is 24.2 Å². The number of rotatable bonds is 11. The van der Waals surface area contributed by atoms with Gasteiger partial charge in [-0.15, -0.1) is 0 Å². The van der Waals surface area contributed by atoms with Gasteiger partial charge >= 0.3 is 12.0 Å². The zero-order chi connectivity index (χ0) is 30.4. The lowest BCUT2D eigenvalue weighted by Gasteiger charge is -2.54. The molecule has 2 fully saturated rings. The van der Waals surface area contributed by atoms with Crippen molar-refractivity contribution >= 4 is 23.8 Å². The van der Waals surface area contributed by atoms with Crippen molar-refractivity contribution in [2.45, 2.75) is 51.4 Å². The smallest absolute Gasteiger partial charge is 0.334 e. The van der Waals surface area contributed by atoms with E-state index in [-0.39, 0.29) is 44.3 Å². The number of methoxy groups -OCH3 is 2. The van der Waals surface area contributed by atoms with E-state index in [1.807, 2.05) is 31.2 Å². The molecular formula is C30H39N5O7. The first kappa shape index (κ1) is 30.6. The second-order valence-electron chi connectivity index (χ2n) is 10.4. The summed E-state index contributed by atoms with van der Waals surface area (Å²) in [5.41, 5.74) is 2.95. The van der Waals surface area contributed by atoms with Crippen molar-refractivity contribution in [3.63, 3.8) is 0 Å². The standard InChI is InChI=1S/C30H39N5O7/c1-5-22-16-20(8-12-25(22)42-4)14-15-33-18-26-34(24(29(33)39)11-13-28(37)38)27(36)19-32(2)35(26)30(40)31-17-21-6-9-23(41-3)10-7-21/h6-10,12,16,24,26H,5,11,13-15,17-19H2,1-4H3,(H,31,40)(H,37,38)/t24-,26?/m0/s1. The predicted molar refractivity (Wildman–Crippen MR) is 154 cm³/mol. The zero-order valence-electron chi connectivity index (χ0n) is 24.5. The van der Waals surface area contributed by atoms with E-state index in [2.05, 4.69) is 11.4 Å². The number of hydrogen-bond acceptors (Lipinski definition) is 7. The van der Waals surface area contributed by atoms with Crippen LogP contribution in [0.4, 0.5) is 4.79 Å². The Morgan fingerprint density at radius 1 is 1.05 bits per heavy atom. The summed E-state index contributed by atoms with van der Waals surface area (Å²) in [6.07, 6.45) is 0.238. The highest BCUT2D eigenvalue weighted by molar-refractivity contribution is 5.91. The fraction of sp³-hybridized carbons (Fsp3) is 0.467. The maximum absolute atomic E-state index is 13.7. The molecule has 4 amide bonds. The van der Waals surface area contributed by atoms with Gasteiger partial charge in [0.15, 0.2) is 0 Å². The number of fused-ring (bicyclic) bond motifs is 1. The number of carbonyl (C=O) groups is 4. The Morgan fingerprint density at radius 2 is 1.76 bits per heavy atom. The Bertz CT molecular complexity index is 1300. The third kappa shape index (κ3) is 6.76. The molecule has 2 heterocycles. The van der Waals surface area contributed by atoms with E-state index in [0.29, 0.717) is 18.7 Å². The molecule has 2 N–H and O–H groups in total. The lowest BCUT2D eigenvalue weighted by atomic mass is 10.0. The molecule has 12 nitrogen and oxygen atoms in total. The van der Waals surface area contributed by atoms with Gasteiger partial charge in [0.2, 0.25) is 11.8 Å². The largest absolute Gasteiger partial charge is 0.497 e. The fourth-order valence-corrected chi connectivity index (χ4v) is 5.57. The number of hydrazine groups is 1. The Hall–Kier alpha value is -4.32. The van der Waals surface area contributed by atoms with Gasteiger partial charge in [0, 0.05) is 26.6 Å². The molecule has 0 bridgehead atoms. The highest BCUT2D eigenvalue weighted by Crippen LogP contribution is 2.29. The molecule has 2 atom stereocenters. The van der Waals surface area contributed by atoms with Crippen LogP contribution in [0.25, 0.3) is 0 Å². The molecular weight excluding hydrogens is 542 g/mol. The lowest BCUT2D eigenvalue weighted by molar-refractivity contribution is -0.187. The number of carbonyl (C=O) groups excluding carboxylic acids is 3. The maximum Gasteiger partial charge on any atom is 0.334 e. The number of carboxylic acid groups (broad SMARTS) is 1. The van der Waals surface area contributed by atoms with Crippen molar-refractivity contribution in [1.29, 1.82) is 0 Å². The van der Waals surface area contributed by atoms with Crippen LogP contribution in [0.15, 0.2) is 42.5 Å². The molecule has 2 aliphatic heterocycles. The average Bonchev–Trinajstić information content (AvgIpc) is 2.98. The second kappa shape index (κ2) is 13.6. The van der Waals surface area contributed by atoms with Gasteiger partial charge in [-0.05, 0) is 54.2 Å². The van der Waals surface area contributed by atoms with Crippen molar-refractivity contribution in [3.8, 4) is 11.5 Å². The van der Waals surface area contributed by atoms with Crippen LogP contribution in [-0.2, 0) is 33.8 Å². The number of ether oxygens (including phenoxy) is 2. The molecule has 42 heavy (non-hydrogen) atoms. The number of likely N-dealkylation sites (N-methyl/N-ethyl adjacent to an activating group) is 1. The molecule has 2 saturated heterocycles. The summed E-state index contributed by atoms with van der Waals surface area (Å²) in [4.78, 5) is 55.0. The summed E-state index contributed by atoms with van der Waals surface area (Å²) < 4.78 is 10.6. The van der Waals surface area contributed by atoms with E-state index in [1.54, 1.807) is 43.3 Å². The fourth-order valence-electron chi connectivity index (χ4n) is 5.57. The molecule has 2 aromatic carbocycles. The summed E-state index contributed by atoms with van der Waals surface area (Å²) in [6, 6.07) is 11.8. The van der Waals surface area contributed by atoms with Crippen LogP contribution >= 0.6 is 0 Å². The summed E-state index contributed by atoms with van der Waals surface area (Å²) >= 11 is 0. The van der Waals surface area contributed by atoms with Crippen molar-refractivity contribution in [2.24, 2.45) is 0 Å². The topological polar surface area (TPSA) is 132 Å². The monoisotopic (exact) mass is 581 g/mol. The SMILES string of the molecule is CCc1cc(CCN2CC3N(C(=O)CN(C)N3C(=O)NCc3ccc(OC)cc3)[C@@H](CCC(=O)O)C2=O)ccc1OC. The van der Waals surface area contributed by atoms with Gasteiger partial charge in [0.25, 0.3) is 0 Å². The average molecular weight is 582 g/mol. The molecule has 0 saturated carbocycles. The number of carboxylic acids is 1. The minimum atomic E-state index is -1.06. The van der Waals surface area contributed by atoms with E-state index >= 15 is 0 Å². The van der Waals surface area contributed by atoms with E-state index in [4.69, 9.17) is 9.47 Å². The number of amides is 4. The van der Waals surface area contributed by atoms with Crippen LogP contribution in [0.3, 0.4) is 0 Å². The third-order valence-corrected chi connectivity index (χ3v) is 7.78. The van der Waals surface area contributed by atoms with Gasteiger partial charge in [-0.2, -0.15) is 0 Å². The summed E-state index contributed by atoms with van der Waals surface area (Å²) in [7, 11) is 4.86. The minimum Gasteiger partial charge on any atom is -0.497 e. The van der Waals surface area contributed by atoms with Gasteiger partial charge in [-0.3, -0.25) is 14.4 Å². The minimum absolute atomic E-state index is 0.0412. The van der Waals surface area contributed by atoms with E-state index in [0.717, 1.165) is 28.9 Å². The van der Waals surface area contributed by atoms with Crippen molar-refractivity contribution in [1.82, 2.24) is 25.1 Å². The van der Waals surface area contributed by atoms with Gasteiger partial charge in [-0.1, -0.05) is 31.2 Å². The maximum atomic E-state index is 13.7. The van der Waals surface area contributed by atoms with Crippen LogP contribution in [0, 0.1) is 0 Å². The Labute approximate surface area is 245 Å². The normalized spacial score (nSPS) is 19.0. The number of nitrogens with zero attached hydrogens (tertiary/aromatic N) is 4. The van der Waals surface area contributed by atoms with E-state index in [9.17, 15) is 24.3 Å². The molecule has 0 aromatic heterocycles. The predicted octanol–water partition coefficient (Wildman–Crippen LogP) is 2.11. The molecule has 1 unspecified atom stereocenters. The number of urea groups is 1. The van der Waals surface area contributed by atoms with Crippen LogP contribution in [0.5, 0.6) is 11.5 Å². The van der Waals surface area contributed by atoms with Gasteiger partial charge < -0.3 is 29.7 Å².